The number of aliphatic carboxylic acids is 1. The zero-order chi connectivity index (χ0) is 15.8. The molecule has 7 heteroatoms. The Morgan fingerprint density at radius 3 is 2.57 bits per heavy atom. The molecular weight excluding hydrogens is 274 g/mol. The molecule has 2 rings (SSSR count). The number of hydrogen-bond donors (Lipinski definition) is 2. The predicted octanol–water partition coefficient (Wildman–Crippen LogP) is 1.36. The van der Waals surface area contributed by atoms with Crippen LogP contribution in [0.4, 0.5) is 16.2 Å². The maximum absolute atomic E-state index is 12.6. The van der Waals surface area contributed by atoms with Crippen molar-refractivity contribution >= 4 is 29.3 Å². The number of para-hydroxylation sites is 2. The summed E-state index contributed by atoms with van der Waals surface area (Å²) in [5.41, 5.74) is -0.293. The normalized spacial score (nSPS) is 14.2. The number of nitrogens with zero attached hydrogens (tertiary/aromatic N) is 2. The fraction of sp³-hybridized carbons (Fsp3) is 0.357. The Balaban J connectivity index is 2.36. The van der Waals surface area contributed by atoms with Crippen molar-refractivity contribution in [2.75, 3.05) is 23.8 Å². The average molecular weight is 291 g/mol. The number of nitrogens with one attached hydrogen (secondary N) is 1. The maximum Gasteiger partial charge on any atom is 0.329 e. The molecule has 0 atom stereocenters. The lowest BCUT2D eigenvalue weighted by molar-refractivity contribution is -0.146. The van der Waals surface area contributed by atoms with Gasteiger partial charge in [-0.1, -0.05) is 12.1 Å². The average Bonchev–Trinajstić information content (AvgIpc) is 2.44. The number of amides is 3. The standard InChI is InChI=1S/C14H17N3O4/c1-14(2,12(19)20)16(3)13(21)17-8-11(18)15-9-6-4-5-7-10(9)17/h4-7H,8H2,1-3H3,(H,15,18)(H,19,20). The van der Waals surface area contributed by atoms with Crippen LogP contribution < -0.4 is 10.2 Å². The molecule has 0 bridgehead atoms. The van der Waals surface area contributed by atoms with E-state index in [2.05, 4.69) is 5.32 Å². The summed E-state index contributed by atoms with van der Waals surface area (Å²) in [4.78, 5) is 37.9. The fourth-order valence-corrected chi connectivity index (χ4v) is 1.97. The highest BCUT2D eigenvalue weighted by atomic mass is 16.4. The van der Waals surface area contributed by atoms with Gasteiger partial charge in [-0.2, -0.15) is 0 Å². The molecule has 0 aromatic heterocycles. The van der Waals surface area contributed by atoms with Crippen LogP contribution in [0.3, 0.4) is 0 Å². The number of carboxylic acid groups (broad SMARTS) is 1. The summed E-state index contributed by atoms with van der Waals surface area (Å²) < 4.78 is 0. The van der Waals surface area contributed by atoms with Gasteiger partial charge >= 0.3 is 12.0 Å². The first kappa shape index (κ1) is 14.8. The molecule has 21 heavy (non-hydrogen) atoms. The first-order valence-corrected chi connectivity index (χ1v) is 6.42. The van der Waals surface area contributed by atoms with E-state index in [1.807, 2.05) is 0 Å². The van der Waals surface area contributed by atoms with E-state index in [-0.39, 0.29) is 12.5 Å². The molecule has 0 fully saturated rings. The lowest BCUT2D eigenvalue weighted by atomic mass is 10.0. The van der Waals surface area contributed by atoms with Crippen LogP contribution >= 0.6 is 0 Å². The minimum atomic E-state index is -1.38. The van der Waals surface area contributed by atoms with Gasteiger partial charge in [0.05, 0.1) is 11.4 Å². The number of carbonyl (C=O) groups excluding carboxylic acids is 2. The van der Waals surface area contributed by atoms with E-state index >= 15 is 0 Å². The highest BCUT2D eigenvalue weighted by molar-refractivity contribution is 6.10. The van der Waals surface area contributed by atoms with E-state index in [1.165, 1.54) is 25.8 Å². The quantitative estimate of drug-likeness (QED) is 0.861. The Labute approximate surface area is 122 Å². The van der Waals surface area contributed by atoms with Crippen LogP contribution in [0.1, 0.15) is 13.8 Å². The van der Waals surface area contributed by atoms with E-state index in [4.69, 9.17) is 0 Å². The third-order valence-corrected chi connectivity index (χ3v) is 3.65. The van der Waals surface area contributed by atoms with Crippen LogP contribution in [0.5, 0.6) is 0 Å². The smallest absolute Gasteiger partial charge is 0.329 e. The van der Waals surface area contributed by atoms with Gasteiger partial charge in [-0.15, -0.1) is 0 Å². The van der Waals surface area contributed by atoms with E-state index < -0.39 is 17.5 Å². The van der Waals surface area contributed by atoms with Gasteiger partial charge in [-0.25, -0.2) is 9.59 Å². The number of carboxylic acids is 1. The summed E-state index contributed by atoms with van der Waals surface area (Å²) in [5.74, 6) is -1.43. The summed E-state index contributed by atoms with van der Waals surface area (Å²) in [6.45, 7) is 2.72. The summed E-state index contributed by atoms with van der Waals surface area (Å²) in [6, 6.07) is 6.35. The second kappa shape index (κ2) is 5.08. The molecule has 1 heterocycles. The van der Waals surface area contributed by atoms with Crippen LogP contribution in [-0.4, -0.2) is 47.0 Å². The summed E-state index contributed by atoms with van der Waals surface area (Å²) in [6.07, 6.45) is 0. The van der Waals surface area contributed by atoms with Gasteiger partial charge in [-0.05, 0) is 26.0 Å². The Hall–Kier alpha value is -2.57. The lowest BCUT2D eigenvalue weighted by Crippen LogP contribution is -2.57. The van der Waals surface area contributed by atoms with Crippen molar-refractivity contribution < 1.29 is 19.5 Å². The van der Waals surface area contributed by atoms with Crippen molar-refractivity contribution in [2.24, 2.45) is 0 Å². The third-order valence-electron chi connectivity index (χ3n) is 3.65. The van der Waals surface area contributed by atoms with Crippen molar-refractivity contribution in [3.05, 3.63) is 24.3 Å². The van der Waals surface area contributed by atoms with Gasteiger partial charge in [0.1, 0.15) is 12.1 Å². The number of carbonyl (C=O) groups is 3. The van der Waals surface area contributed by atoms with Crippen molar-refractivity contribution in [1.82, 2.24) is 4.90 Å². The Morgan fingerprint density at radius 1 is 1.33 bits per heavy atom. The lowest BCUT2D eigenvalue weighted by Gasteiger charge is -2.37. The van der Waals surface area contributed by atoms with Gasteiger partial charge in [0, 0.05) is 7.05 Å². The Kier molecular flexibility index (Phi) is 3.59. The van der Waals surface area contributed by atoms with Crippen LogP contribution in [0.2, 0.25) is 0 Å². The van der Waals surface area contributed by atoms with Gasteiger partial charge < -0.3 is 15.3 Å². The van der Waals surface area contributed by atoms with E-state index in [9.17, 15) is 19.5 Å². The van der Waals surface area contributed by atoms with E-state index in [1.54, 1.807) is 24.3 Å². The minimum Gasteiger partial charge on any atom is -0.480 e. The molecule has 0 radical (unpaired) electrons. The second-order valence-corrected chi connectivity index (χ2v) is 5.36. The van der Waals surface area contributed by atoms with Crippen molar-refractivity contribution in [2.45, 2.75) is 19.4 Å². The topological polar surface area (TPSA) is 90.0 Å². The van der Waals surface area contributed by atoms with Crippen LogP contribution in [0, 0.1) is 0 Å². The summed E-state index contributed by atoms with van der Waals surface area (Å²) in [7, 11) is 1.41. The van der Waals surface area contributed by atoms with E-state index in [0.29, 0.717) is 11.4 Å². The van der Waals surface area contributed by atoms with Gasteiger partial charge in [-0.3, -0.25) is 9.69 Å². The molecular formula is C14H17N3O4. The van der Waals surface area contributed by atoms with Gasteiger partial charge in [0.25, 0.3) is 0 Å². The zero-order valence-corrected chi connectivity index (χ0v) is 12.1. The van der Waals surface area contributed by atoms with E-state index in [0.717, 1.165) is 4.90 Å². The summed E-state index contributed by atoms with van der Waals surface area (Å²) in [5, 5.41) is 11.9. The second-order valence-electron chi connectivity index (χ2n) is 5.36. The van der Waals surface area contributed by atoms with Crippen LogP contribution in [0.25, 0.3) is 0 Å². The molecule has 2 N–H and O–H groups in total. The molecule has 112 valence electrons. The highest BCUT2D eigenvalue weighted by Gasteiger charge is 2.39. The number of anilines is 2. The number of urea groups is 1. The largest absolute Gasteiger partial charge is 0.480 e. The number of hydrogen-bond acceptors (Lipinski definition) is 3. The molecule has 0 unspecified atom stereocenters. The molecule has 1 aliphatic rings. The number of rotatable bonds is 2. The molecule has 0 aliphatic carbocycles. The molecule has 0 saturated heterocycles. The molecule has 3 amide bonds. The molecule has 0 saturated carbocycles. The molecule has 0 spiro atoms. The van der Waals surface area contributed by atoms with Gasteiger partial charge in [0.15, 0.2) is 0 Å². The number of fused-ring (bicyclic) bond motifs is 1. The molecule has 1 aromatic rings. The molecule has 1 aromatic carbocycles. The van der Waals surface area contributed by atoms with Crippen molar-refractivity contribution in [3.8, 4) is 0 Å². The summed E-state index contributed by atoms with van der Waals surface area (Å²) >= 11 is 0. The first-order chi connectivity index (χ1) is 9.75. The number of benzene rings is 1. The minimum absolute atomic E-state index is 0.143. The fourth-order valence-electron chi connectivity index (χ4n) is 1.97. The SMILES string of the molecule is CN(C(=O)N1CC(=O)Nc2ccccc21)C(C)(C)C(=O)O. The molecule has 7 nitrogen and oxygen atoms in total. The van der Waals surface area contributed by atoms with Crippen molar-refractivity contribution in [3.63, 3.8) is 0 Å². The van der Waals surface area contributed by atoms with Crippen LogP contribution in [-0.2, 0) is 9.59 Å². The third kappa shape index (κ3) is 2.54. The first-order valence-electron chi connectivity index (χ1n) is 6.42. The maximum atomic E-state index is 12.6. The predicted molar refractivity (Wildman–Crippen MR) is 77.3 cm³/mol. The van der Waals surface area contributed by atoms with Gasteiger partial charge in [0.2, 0.25) is 5.91 Å². The zero-order valence-electron chi connectivity index (χ0n) is 12.1. The van der Waals surface area contributed by atoms with Crippen molar-refractivity contribution in [1.29, 1.82) is 0 Å². The monoisotopic (exact) mass is 291 g/mol. The molecule has 1 aliphatic heterocycles. The Bertz CT molecular complexity index is 612. The highest BCUT2D eigenvalue weighted by Crippen LogP contribution is 2.30. The van der Waals surface area contributed by atoms with Crippen LogP contribution in [0.15, 0.2) is 24.3 Å². The number of likely N-dealkylation sites (N-methyl/N-ethyl adjacent to an activating group) is 1. The Morgan fingerprint density at radius 2 is 1.95 bits per heavy atom.